The lowest BCUT2D eigenvalue weighted by atomic mass is 10.2. The SMILES string of the molecule is NC(=O)C(OC(=O)c1ccc(O)cc1)C(N)=O. The van der Waals surface area contributed by atoms with Crippen molar-refractivity contribution in [3.63, 3.8) is 0 Å². The Labute approximate surface area is 96.0 Å². The highest BCUT2D eigenvalue weighted by molar-refractivity contribution is 6.04. The second kappa shape index (κ2) is 4.97. The van der Waals surface area contributed by atoms with Crippen LogP contribution < -0.4 is 11.5 Å². The molecule has 1 aromatic rings. The fourth-order valence-corrected chi connectivity index (χ4v) is 1.03. The highest BCUT2D eigenvalue weighted by Crippen LogP contribution is 2.11. The van der Waals surface area contributed by atoms with E-state index in [0.29, 0.717) is 0 Å². The number of hydrogen-bond donors (Lipinski definition) is 3. The van der Waals surface area contributed by atoms with Gasteiger partial charge in [-0.2, -0.15) is 0 Å². The highest BCUT2D eigenvalue weighted by Gasteiger charge is 2.26. The topological polar surface area (TPSA) is 133 Å². The van der Waals surface area contributed by atoms with Crippen molar-refractivity contribution in [2.24, 2.45) is 11.5 Å². The Balaban J connectivity index is 2.81. The molecule has 17 heavy (non-hydrogen) atoms. The summed E-state index contributed by atoms with van der Waals surface area (Å²) in [6.45, 7) is 0. The van der Waals surface area contributed by atoms with Gasteiger partial charge in [0.2, 0.25) is 0 Å². The third kappa shape index (κ3) is 3.20. The average molecular weight is 238 g/mol. The summed E-state index contributed by atoms with van der Waals surface area (Å²) in [5, 5.41) is 9.00. The van der Waals surface area contributed by atoms with Crippen LogP contribution >= 0.6 is 0 Å². The first-order valence-electron chi connectivity index (χ1n) is 4.50. The first-order valence-corrected chi connectivity index (χ1v) is 4.50. The predicted molar refractivity (Wildman–Crippen MR) is 55.7 cm³/mol. The molecule has 0 aliphatic carbocycles. The van der Waals surface area contributed by atoms with Crippen molar-refractivity contribution in [3.8, 4) is 5.75 Å². The third-order valence-corrected chi connectivity index (χ3v) is 1.84. The second-order valence-corrected chi connectivity index (χ2v) is 3.14. The van der Waals surface area contributed by atoms with E-state index in [9.17, 15) is 14.4 Å². The number of ether oxygens (including phenoxy) is 1. The molecule has 7 nitrogen and oxygen atoms in total. The van der Waals surface area contributed by atoms with Crippen LogP contribution in [0.15, 0.2) is 24.3 Å². The van der Waals surface area contributed by atoms with Gasteiger partial charge in [-0.3, -0.25) is 9.59 Å². The summed E-state index contributed by atoms with van der Waals surface area (Å²) in [7, 11) is 0. The van der Waals surface area contributed by atoms with Gasteiger partial charge in [0.15, 0.2) is 0 Å². The molecule has 0 saturated carbocycles. The molecular formula is C10H10N2O5. The molecule has 0 fully saturated rings. The number of esters is 1. The Kier molecular flexibility index (Phi) is 3.66. The van der Waals surface area contributed by atoms with Crippen molar-refractivity contribution < 1.29 is 24.2 Å². The molecule has 7 heteroatoms. The predicted octanol–water partition coefficient (Wildman–Crippen LogP) is -1.11. The highest BCUT2D eigenvalue weighted by atomic mass is 16.6. The maximum Gasteiger partial charge on any atom is 0.339 e. The largest absolute Gasteiger partial charge is 0.508 e. The first kappa shape index (κ1) is 12.5. The van der Waals surface area contributed by atoms with E-state index < -0.39 is 23.9 Å². The first-order chi connectivity index (χ1) is 7.91. The summed E-state index contributed by atoms with van der Waals surface area (Å²) in [6.07, 6.45) is -1.81. The molecule has 90 valence electrons. The molecular weight excluding hydrogens is 228 g/mol. The second-order valence-electron chi connectivity index (χ2n) is 3.14. The molecule has 0 heterocycles. The Hall–Kier alpha value is -2.57. The monoisotopic (exact) mass is 238 g/mol. The van der Waals surface area contributed by atoms with Crippen molar-refractivity contribution in [1.82, 2.24) is 0 Å². The normalized spacial score (nSPS) is 9.94. The van der Waals surface area contributed by atoms with Gasteiger partial charge in [0, 0.05) is 0 Å². The van der Waals surface area contributed by atoms with Gasteiger partial charge in [-0.25, -0.2) is 4.79 Å². The molecule has 0 unspecified atom stereocenters. The number of carbonyl (C=O) groups is 3. The molecule has 2 amide bonds. The summed E-state index contributed by atoms with van der Waals surface area (Å²) in [5.41, 5.74) is 9.71. The van der Waals surface area contributed by atoms with Gasteiger partial charge >= 0.3 is 5.97 Å². The van der Waals surface area contributed by atoms with Gasteiger partial charge in [0.05, 0.1) is 5.56 Å². The minimum atomic E-state index is -1.81. The van der Waals surface area contributed by atoms with Gasteiger partial charge in [0.25, 0.3) is 17.9 Å². The minimum Gasteiger partial charge on any atom is -0.508 e. The zero-order valence-corrected chi connectivity index (χ0v) is 8.62. The quantitative estimate of drug-likeness (QED) is 0.451. The van der Waals surface area contributed by atoms with Crippen molar-refractivity contribution in [2.45, 2.75) is 6.10 Å². The molecule has 5 N–H and O–H groups in total. The number of benzene rings is 1. The summed E-state index contributed by atoms with van der Waals surface area (Å²) in [5.74, 6) is -3.27. The zero-order chi connectivity index (χ0) is 13.0. The fraction of sp³-hybridized carbons (Fsp3) is 0.100. The lowest BCUT2D eigenvalue weighted by Crippen LogP contribution is -2.43. The van der Waals surface area contributed by atoms with E-state index in [0.717, 1.165) is 0 Å². The van der Waals surface area contributed by atoms with Gasteiger partial charge in [0.1, 0.15) is 5.75 Å². The van der Waals surface area contributed by atoms with Crippen LogP contribution in [0.3, 0.4) is 0 Å². The maximum absolute atomic E-state index is 11.5. The summed E-state index contributed by atoms with van der Waals surface area (Å²) >= 11 is 0. The number of nitrogens with two attached hydrogens (primary N) is 2. The molecule has 0 atom stereocenters. The van der Waals surface area contributed by atoms with E-state index in [-0.39, 0.29) is 11.3 Å². The number of phenols is 1. The van der Waals surface area contributed by atoms with Crippen molar-refractivity contribution in [2.75, 3.05) is 0 Å². The minimum absolute atomic E-state index is 0.0390. The van der Waals surface area contributed by atoms with Crippen LogP contribution in [0.5, 0.6) is 5.75 Å². The Morgan fingerprint density at radius 3 is 1.94 bits per heavy atom. The summed E-state index contributed by atoms with van der Waals surface area (Å²) in [6, 6.07) is 5.02. The molecule has 1 rings (SSSR count). The number of phenolic OH excluding ortho intramolecular Hbond substituents is 1. The number of carbonyl (C=O) groups excluding carboxylic acids is 3. The Morgan fingerprint density at radius 2 is 1.53 bits per heavy atom. The number of aromatic hydroxyl groups is 1. The van der Waals surface area contributed by atoms with E-state index >= 15 is 0 Å². The molecule has 0 aliphatic rings. The van der Waals surface area contributed by atoms with E-state index in [4.69, 9.17) is 16.6 Å². The van der Waals surface area contributed by atoms with Crippen LogP contribution in [0, 0.1) is 0 Å². The fourth-order valence-electron chi connectivity index (χ4n) is 1.03. The molecule has 1 aromatic carbocycles. The van der Waals surface area contributed by atoms with Gasteiger partial charge < -0.3 is 21.3 Å². The lowest BCUT2D eigenvalue weighted by Gasteiger charge is -2.10. The standard InChI is InChI=1S/C10H10N2O5/c11-8(14)7(9(12)15)17-10(16)5-1-3-6(13)4-2-5/h1-4,7,13H,(H2,11,14)(H2,12,15). The van der Waals surface area contributed by atoms with E-state index in [1.807, 2.05) is 0 Å². The van der Waals surface area contributed by atoms with Crippen LogP contribution in [0.25, 0.3) is 0 Å². The van der Waals surface area contributed by atoms with Gasteiger partial charge in [-0.15, -0.1) is 0 Å². The molecule has 0 spiro atoms. The number of hydrogen-bond acceptors (Lipinski definition) is 5. The number of rotatable bonds is 4. The molecule has 0 bridgehead atoms. The van der Waals surface area contributed by atoms with Crippen LogP contribution in [0.4, 0.5) is 0 Å². The van der Waals surface area contributed by atoms with Crippen LogP contribution in [-0.2, 0) is 14.3 Å². The van der Waals surface area contributed by atoms with Gasteiger partial charge in [-0.1, -0.05) is 0 Å². The third-order valence-electron chi connectivity index (χ3n) is 1.84. The van der Waals surface area contributed by atoms with E-state index in [1.165, 1.54) is 24.3 Å². The smallest absolute Gasteiger partial charge is 0.339 e. The number of primary amides is 2. The Morgan fingerprint density at radius 1 is 1.06 bits per heavy atom. The molecule has 0 saturated heterocycles. The average Bonchev–Trinajstić information content (AvgIpc) is 2.25. The van der Waals surface area contributed by atoms with Crippen molar-refractivity contribution in [3.05, 3.63) is 29.8 Å². The summed E-state index contributed by atoms with van der Waals surface area (Å²) in [4.78, 5) is 33.0. The van der Waals surface area contributed by atoms with Crippen molar-refractivity contribution in [1.29, 1.82) is 0 Å². The van der Waals surface area contributed by atoms with Crippen LogP contribution in [0.2, 0.25) is 0 Å². The van der Waals surface area contributed by atoms with Crippen LogP contribution in [-0.4, -0.2) is 29.0 Å². The molecule has 0 radical (unpaired) electrons. The molecule has 0 aliphatic heterocycles. The Bertz CT molecular complexity index is 440. The van der Waals surface area contributed by atoms with Crippen molar-refractivity contribution >= 4 is 17.8 Å². The zero-order valence-electron chi connectivity index (χ0n) is 8.62. The number of amides is 2. The van der Waals surface area contributed by atoms with E-state index in [1.54, 1.807) is 0 Å². The van der Waals surface area contributed by atoms with E-state index in [2.05, 4.69) is 4.74 Å². The summed E-state index contributed by atoms with van der Waals surface area (Å²) < 4.78 is 4.53. The maximum atomic E-state index is 11.5. The lowest BCUT2D eigenvalue weighted by molar-refractivity contribution is -0.137. The molecule has 0 aromatic heterocycles. The van der Waals surface area contributed by atoms with Crippen LogP contribution in [0.1, 0.15) is 10.4 Å². The van der Waals surface area contributed by atoms with Gasteiger partial charge in [-0.05, 0) is 24.3 Å².